The van der Waals surface area contributed by atoms with Crippen LogP contribution >= 0.6 is 0 Å². The van der Waals surface area contributed by atoms with Crippen LogP contribution in [0.3, 0.4) is 0 Å². The van der Waals surface area contributed by atoms with Gasteiger partial charge in [-0.2, -0.15) is 4.73 Å². The number of ketones is 1. The molecule has 1 aromatic rings. The quantitative estimate of drug-likeness (QED) is 0.402. The Morgan fingerprint density at radius 1 is 1.50 bits per heavy atom. The second kappa shape index (κ2) is 2.57. The molecule has 0 amide bonds. The van der Waals surface area contributed by atoms with Crippen molar-refractivity contribution in [2.24, 2.45) is 0 Å². The molecule has 4 heteroatoms. The Hall–Kier alpha value is -1.42. The van der Waals surface area contributed by atoms with E-state index in [1.807, 2.05) is 0 Å². The van der Waals surface area contributed by atoms with Crippen molar-refractivity contribution in [1.29, 1.82) is 0 Å². The number of hydrogen-bond donors (Lipinski definition) is 0. The van der Waals surface area contributed by atoms with Crippen molar-refractivity contribution in [2.75, 3.05) is 6.61 Å². The summed E-state index contributed by atoms with van der Waals surface area (Å²) >= 11 is 0. The van der Waals surface area contributed by atoms with Crippen molar-refractivity contribution in [3.63, 3.8) is 0 Å². The standard InChI is InChI=1S/C8H7NO3/c10-8-5-12-4-7-6(8)2-1-3-9(7)11/h1-3H,4-5H2. The lowest BCUT2D eigenvalue weighted by molar-refractivity contribution is -0.617. The SMILES string of the molecule is O=C1COCc2c1ccc[n+]2[O-]. The lowest BCUT2D eigenvalue weighted by Gasteiger charge is -2.13. The van der Waals surface area contributed by atoms with E-state index in [4.69, 9.17) is 4.74 Å². The lowest BCUT2D eigenvalue weighted by Crippen LogP contribution is -2.37. The fourth-order valence-electron chi connectivity index (χ4n) is 1.24. The molecule has 0 fully saturated rings. The Morgan fingerprint density at radius 3 is 3.08 bits per heavy atom. The number of fused-ring (bicyclic) bond motifs is 1. The van der Waals surface area contributed by atoms with Gasteiger partial charge in [0, 0.05) is 6.07 Å². The van der Waals surface area contributed by atoms with Crippen molar-refractivity contribution in [1.82, 2.24) is 0 Å². The molecule has 4 nitrogen and oxygen atoms in total. The molecular weight excluding hydrogens is 158 g/mol. The van der Waals surface area contributed by atoms with E-state index >= 15 is 0 Å². The number of Topliss-reactive ketones (excluding diaryl/α,β-unsaturated/α-hetero) is 1. The van der Waals surface area contributed by atoms with Crippen molar-refractivity contribution in [2.45, 2.75) is 6.61 Å². The van der Waals surface area contributed by atoms with Crippen molar-refractivity contribution < 1.29 is 14.3 Å². The Balaban J connectivity index is 2.59. The van der Waals surface area contributed by atoms with Gasteiger partial charge in [-0.05, 0) is 6.07 Å². The molecule has 2 heterocycles. The zero-order valence-corrected chi connectivity index (χ0v) is 6.32. The van der Waals surface area contributed by atoms with Crippen LogP contribution in [-0.2, 0) is 11.3 Å². The van der Waals surface area contributed by atoms with Gasteiger partial charge in [0.25, 0.3) is 0 Å². The molecule has 0 unspecified atom stereocenters. The summed E-state index contributed by atoms with van der Waals surface area (Å²) in [6.45, 7) is 0.308. The minimum Gasteiger partial charge on any atom is -0.618 e. The van der Waals surface area contributed by atoms with Gasteiger partial charge < -0.3 is 9.94 Å². The van der Waals surface area contributed by atoms with Crippen molar-refractivity contribution >= 4 is 5.78 Å². The summed E-state index contributed by atoms with van der Waals surface area (Å²) in [6, 6.07) is 3.21. The monoisotopic (exact) mass is 165 g/mol. The first-order chi connectivity index (χ1) is 5.79. The van der Waals surface area contributed by atoms with Crippen LogP contribution in [0.1, 0.15) is 16.1 Å². The number of ether oxygens (including phenoxy) is 1. The molecule has 12 heavy (non-hydrogen) atoms. The molecule has 0 aromatic carbocycles. The third-order valence-corrected chi connectivity index (χ3v) is 1.83. The van der Waals surface area contributed by atoms with Gasteiger partial charge in [-0.25, -0.2) is 0 Å². The maximum atomic E-state index is 11.2. The van der Waals surface area contributed by atoms with Gasteiger partial charge in [0.2, 0.25) is 5.69 Å². The smallest absolute Gasteiger partial charge is 0.229 e. The maximum absolute atomic E-state index is 11.2. The summed E-state index contributed by atoms with van der Waals surface area (Å²) in [7, 11) is 0. The number of hydrogen-bond acceptors (Lipinski definition) is 3. The summed E-state index contributed by atoms with van der Waals surface area (Å²) < 4.78 is 5.59. The summed E-state index contributed by atoms with van der Waals surface area (Å²) in [4.78, 5) is 11.2. The number of carbonyl (C=O) groups excluding carboxylic acids is 1. The van der Waals surface area contributed by atoms with Crippen LogP contribution in [0.4, 0.5) is 0 Å². The molecule has 0 N–H and O–H groups in total. The van der Waals surface area contributed by atoms with Crippen molar-refractivity contribution in [3.05, 3.63) is 34.8 Å². The van der Waals surface area contributed by atoms with Crippen LogP contribution in [0.25, 0.3) is 0 Å². The fourth-order valence-corrected chi connectivity index (χ4v) is 1.24. The van der Waals surface area contributed by atoms with E-state index < -0.39 is 0 Å². The van der Waals surface area contributed by atoms with Gasteiger partial charge in [0.05, 0.1) is 5.56 Å². The molecular formula is C8H7NO3. The van der Waals surface area contributed by atoms with Crippen LogP contribution in [0.15, 0.2) is 18.3 Å². The van der Waals surface area contributed by atoms with Gasteiger partial charge in [-0.3, -0.25) is 4.79 Å². The third kappa shape index (κ3) is 0.967. The molecule has 0 aliphatic carbocycles. The Bertz CT molecular complexity index is 335. The summed E-state index contributed by atoms with van der Waals surface area (Å²) in [6.07, 6.45) is 1.36. The van der Waals surface area contributed by atoms with Crippen molar-refractivity contribution in [3.8, 4) is 0 Å². The van der Waals surface area contributed by atoms with E-state index in [0.717, 1.165) is 0 Å². The first-order valence-electron chi connectivity index (χ1n) is 3.61. The Kier molecular flexibility index (Phi) is 1.55. The average Bonchev–Trinajstić information content (AvgIpc) is 2.07. The van der Waals surface area contributed by atoms with E-state index in [2.05, 4.69) is 0 Å². The molecule has 0 bridgehead atoms. The largest absolute Gasteiger partial charge is 0.618 e. The minimum absolute atomic E-state index is 0.0804. The fraction of sp³-hybridized carbons (Fsp3) is 0.250. The number of rotatable bonds is 0. The molecule has 2 rings (SSSR count). The van der Waals surface area contributed by atoms with Crippen LogP contribution < -0.4 is 4.73 Å². The predicted molar refractivity (Wildman–Crippen MR) is 39.4 cm³/mol. The van der Waals surface area contributed by atoms with Gasteiger partial charge >= 0.3 is 0 Å². The van der Waals surface area contributed by atoms with Gasteiger partial charge in [0.1, 0.15) is 13.2 Å². The highest BCUT2D eigenvalue weighted by molar-refractivity contribution is 5.98. The van der Waals surface area contributed by atoms with Gasteiger partial charge in [-0.1, -0.05) is 0 Å². The van der Waals surface area contributed by atoms with E-state index in [0.29, 0.717) is 16.0 Å². The molecule has 1 aromatic heterocycles. The number of aromatic nitrogens is 1. The topological polar surface area (TPSA) is 53.2 Å². The average molecular weight is 165 g/mol. The summed E-state index contributed by atoms with van der Waals surface area (Å²) in [5.41, 5.74) is 0.896. The Morgan fingerprint density at radius 2 is 2.33 bits per heavy atom. The van der Waals surface area contributed by atoms with Crippen LogP contribution in [0.5, 0.6) is 0 Å². The first kappa shape index (κ1) is 7.24. The number of nitrogens with zero attached hydrogens (tertiary/aromatic N) is 1. The summed E-state index contributed by atoms with van der Waals surface area (Å²) in [5, 5.41) is 11.1. The van der Waals surface area contributed by atoms with E-state index in [1.54, 1.807) is 12.1 Å². The molecule has 1 aliphatic rings. The molecule has 0 radical (unpaired) electrons. The minimum atomic E-state index is -0.124. The van der Waals surface area contributed by atoms with E-state index in [-0.39, 0.29) is 19.0 Å². The third-order valence-electron chi connectivity index (χ3n) is 1.83. The van der Waals surface area contributed by atoms with Crippen LogP contribution in [-0.4, -0.2) is 12.4 Å². The molecule has 62 valence electrons. The highest BCUT2D eigenvalue weighted by Crippen LogP contribution is 2.11. The number of carbonyl (C=O) groups is 1. The van der Waals surface area contributed by atoms with Crippen LogP contribution in [0, 0.1) is 5.21 Å². The number of pyridine rings is 1. The van der Waals surface area contributed by atoms with Gasteiger partial charge in [-0.15, -0.1) is 0 Å². The zero-order valence-electron chi connectivity index (χ0n) is 6.32. The molecule has 0 spiro atoms. The maximum Gasteiger partial charge on any atom is 0.229 e. The lowest BCUT2D eigenvalue weighted by atomic mass is 10.1. The van der Waals surface area contributed by atoms with E-state index in [1.165, 1.54) is 6.20 Å². The predicted octanol–water partition coefficient (Wildman–Crippen LogP) is 0.0329. The summed E-state index contributed by atoms with van der Waals surface area (Å²) in [5.74, 6) is -0.124. The molecule has 0 saturated carbocycles. The van der Waals surface area contributed by atoms with Crippen LogP contribution in [0.2, 0.25) is 0 Å². The second-order valence-electron chi connectivity index (χ2n) is 2.61. The van der Waals surface area contributed by atoms with Gasteiger partial charge in [0.15, 0.2) is 12.0 Å². The zero-order chi connectivity index (χ0) is 8.55. The highest BCUT2D eigenvalue weighted by atomic mass is 16.5. The van der Waals surface area contributed by atoms with E-state index in [9.17, 15) is 10.0 Å². The first-order valence-corrected chi connectivity index (χ1v) is 3.61. The molecule has 0 atom stereocenters. The second-order valence-corrected chi connectivity index (χ2v) is 2.61. The normalized spacial score (nSPS) is 15.8. The molecule has 1 aliphatic heterocycles. The Labute approximate surface area is 69.0 Å². The molecule has 0 saturated heterocycles. The highest BCUT2D eigenvalue weighted by Gasteiger charge is 2.23.